The molecule has 0 radical (unpaired) electrons. The molecule has 2 aromatic rings. The number of nitrogens with zero attached hydrogens (tertiary/aromatic N) is 1. The van der Waals surface area contributed by atoms with Gasteiger partial charge in [-0.1, -0.05) is 5.16 Å². The number of phenols is 2. The van der Waals surface area contributed by atoms with Crippen LogP contribution in [0.25, 0.3) is 11.3 Å². The Bertz CT molecular complexity index is 593. The summed E-state index contributed by atoms with van der Waals surface area (Å²) in [5.74, 6) is -2.26. The molecule has 0 bridgehead atoms. The van der Waals surface area contributed by atoms with Crippen molar-refractivity contribution in [2.24, 2.45) is 0 Å². The maximum Gasteiger partial charge on any atom is 0.420 e. The lowest BCUT2D eigenvalue weighted by Crippen LogP contribution is -2.05. The van der Waals surface area contributed by atoms with Crippen LogP contribution in [0.4, 0.5) is 19.1 Å². The van der Waals surface area contributed by atoms with Gasteiger partial charge in [0, 0.05) is 11.6 Å². The van der Waals surface area contributed by atoms with Gasteiger partial charge in [0.2, 0.25) is 5.88 Å². The van der Waals surface area contributed by atoms with Crippen molar-refractivity contribution in [1.82, 2.24) is 5.16 Å². The first-order chi connectivity index (χ1) is 8.30. The Morgan fingerprint density at radius 2 is 1.83 bits per heavy atom. The summed E-state index contributed by atoms with van der Waals surface area (Å²) < 4.78 is 41.8. The zero-order valence-electron chi connectivity index (χ0n) is 8.69. The number of hydrogen-bond donors (Lipinski definition) is 3. The number of hydrogen-bond acceptors (Lipinski definition) is 5. The second kappa shape index (κ2) is 3.83. The highest BCUT2D eigenvalue weighted by molar-refractivity contribution is 5.72. The molecule has 8 heteroatoms. The molecule has 0 atom stereocenters. The molecule has 1 heterocycles. The van der Waals surface area contributed by atoms with Crippen molar-refractivity contribution in [3.63, 3.8) is 0 Å². The molecule has 0 aliphatic heterocycles. The van der Waals surface area contributed by atoms with Crippen LogP contribution in [0.1, 0.15) is 5.56 Å². The van der Waals surface area contributed by atoms with E-state index in [2.05, 4.69) is 9.68 Å². The predicted octanol–water partition coefficient (Wildman–Crippen LogP) is 2.35. The minimum absolute atomic E-state index is 0.0222. The summed E-state index contributed by atoms with van der Waals surface area (Å²) in [6, 6.07) is 2.81. The van der Waals surface area contributed by atoms with Gasteiger partial charge in [-0.25, -0.2) is 0 Å². The summed E-state index contributed by atoms with van der Waals surface area (Å²) in [6.45, 7) is 0. The maximum absolute atomic E-state index is 12.4. The van der Waals surface area contributed by atoms with Crippen LogP contribution >= 0.6 is 0 Å². The van der Waals surface area contributed by atoms with Gasteiger partial charge in [-0.2, -0.15) is 13.2 Å². The van der Waals surface area contributed by atoms with Crippen molar-refractivity contribution in [2.75, 3.05) is 5.73 Å². The molecule has 96 valence electrons. The van der Waals surface area contributed by atoms with Crippen molar-refractivity contribution in [3.05, 3.63) is 23.8 Å². The molecule has 0 amide bonds. The molecule has 0 saturated heterocycles. The number of nitrogens with two attached hydrogens (primary N) is 1. The molecular weight excluding hydrogens is 253 g/mol. The van der Waals surface area contributed by atoms with Crippen LogP contribution in [0, 0.1) is 0 Å². The van der Waals surface area contributed by atoms with Gasteiger partial charge in [0.1, 0.15) is 11.3 Å². The summed E-state index contributed by atoms with van der Waals surface area (Å²) >= 11 is 0. The van der Waals surface area contributed by atoms with Gasteiger partial charge in [0.05, 0.1) is 0 Å². The minimum Gasteiger partial charge on any atom is -0.504 e. The molecule has 1 aromatic heterocycles. The summed E-state index contributed by atoms with van der Waals surface area (Å²) in [5.41, 5.74) is 3.83. The SMILES string of the molecule is Nc1cc(-c2ccc(C(F)(F)F)c(O)c2O)no1. The smallest absolute Gasteiger partial charge is 0.420 e. The summed E-state index contributed by atoms with van der Waals surface area (Å²) in [5, 5.41) is 22.3. The Hall–Kier alpha value is -2.38. The fourth-order valence-electron chi connectivity index (χ4n) is 1.43. The highest BCUT2D eigenvalue weighted by Crippen LogP contribution is 2.44. The largest absolute Gasteiger partial charge is 0.504 e. The number of aromatic hydroxyl groups is 2. The molecular formula is C10H7F3N2O3. The maximum atomic E-state index is 12.4. The van der Waals surface area contributed by atoms with E-state index in [4.69, 9.17) is 5.73 Å². The van der Waals surface area contributed by atoms with Crippen molar-refractivity contribution >= 4 is 5.88 Å². The highest BCUT2D eigenvalue weighted by Gasteiger charge is 2.35. The molecule has 0 aliphatic rings. The van der Waals surface area contributed by atoms with Crippen LogP contribution in [0.3, 0.4) is 0 Å². The number of phenolic OH excluding ortho intramolecular Hbond substituents is 2. The Morgan fingerprint density at radius 3 is 2.33 bits per heavy atom. The Morgan fingerprint density at radius 1 is 1.17 bits per heavy atom. The Kier molecular flexibility index (Phi) is 2.57. The van der Waals surface area contributed by atoms with Gasteiger partial charge in [-0.15, -0.1) is 0 Å². The van der Waals surface area contributed by atoms with E-state index in [1.165, 1.54) is 6.07 Å². The topological polar surface area (TPSA) is 92.5 Å². The van der Waals surface area contributed by atoms with Crippen molar-refractivity contribution < 1.29 is 27.9 Å². The Labute approximate surface area is 98.2 Å². The van der Waals surface area contributed by atoms with Crippen LogP contribution in [0.5, 0.6) is 11.5 Å². The van der Waals surface area contributed by atoms with Crippen molar-refractivity contribution in [3.8, 4) is 22.8 Å². The fourth-order valence-corrected chi connectivity index (χ4v) is 1.43. The number of halogens is 3. The Balaban J connectivity index is 2.57. The van der Waals surface area contributed by atoms with Crippen LogP contribution in [0.15, 0.2) is 22.7 Å². The van der Waals surface area contributed by atoms with Crippen molar-refractivity contribution in [1.29, 1.82) is 0 Å². The molecule has 18 heavy (non-hydrogen) atoms. The van der Waals surface area contributed by atoms with Crippen molar-refractivity contribution in [2.45, 2.75) is 6.18 Å². The molecule has 0 spiro atoms. The molecule has 0 unspecified atom stereocenters. The second-order valence-corrected chi connectivity index (χ2v) is 3.47. The second-order valence-electron chi connectivity index (χ2n) is 3.47. The number of benzene rings is 1. The lowest BCUT2D eigenvalue weighted by molar-refractivity contribution is -0.138. The lowest BCUT2D eigenvalue weighted by Gasteiger charge is -2.11. The van der Waals surface area contributed by atoms with E-state index in [9.17, 15) is 23.4 Å². The summed E-state index contributed by atoms with van der Waals surface area (Å²) in [4.78, 5) is 0. The van der Waals surface area contributed by atoms with Gasteiger partial charge in [-0.05, 0) is 12.1 Å². The van der Waals surface area contributed by atoms with E-state index in [0.29, 0.717) is 6.07 Å². The summed E-state index contributed by atoms with van der Waals surface area (Å²) in [6.07, 6.45) is -4.76. The van der Waals surface area contributed by atoms with E-state index >= 15 is 0 Å². The third-order valence-corrected chi connectivity index (χ3v) is 2.26. The zero-order valence-corrected chi connectivity index (χ0v) is 8.69. The monoisotopic (exact) mass is 260 g/mol. The first-order valence-corrected chi connectivity index (χ1v) is 4.65. The van der Waals surface area contributed by atoms with Gasteiger partial charge >= 0.3 is 6.18 Å². The van der Waals surface area contributed by atoms with Crippen LogP contribution in [-0.2, 0) is 6.18 Å². The highest BCUT2D eigenvalue weighted by atomic mass is 19.4. The number of alkyl halides is 3. The quantitative estimate of drug-likeness (QED) is 0.684. The van der Waals surface area contributed by atoms with E-state index in [1.807, 2.05) is 0 Å². The molecule has 2 rings (SSSR count). The normalized spacial score (nSPS) is 11.7. The molecule has 0 fully saturated rings. The third kappa shape index (κ3) is 1.92. The molecule has 4 N–H and O–H groups in total. The van der Waals surface area contributed by atoms with Gasteiger partial charge in [0.15, 0.2) is 11.5 Å². The number of aromatic nitrogens is 1. The third-order valence-electron chi connectivity index (χ3n) is 2.26. The number of nitrogen functional groups attached to an aromatic ring is 1. The summed E-state index contributed by atoms with van der Waals surface area (Å²) in [7, 11) is 0. The van der Waals surface area contributed by atoms with E-state index < -0.39 is 23.2 Å². The van der Waals surface area contributed by atoms with Gasteiger partial charge in [-0.3, -0.25) is 0 Å². The van der Waals surface area contributed by atoms with Gasteiger partial charge < -0.3 is 20.5 Å². The van der Waals surface area contributed by atoms with Crippen LogP contribution in [-0.4, -0.2) is 15.4 Å². The van der Waals surface area contributed by atoms with Crippen LogP contribution in [0.2, 0.25) is 0 Å². The van der Waals surface area contributed by atoms with E-state index in [0.717, 1.165) is 6.07 Å². The average molecular weight is 260 g/mol. The van der Waals surface area contributed by atoms with E-state index in [-0.39, 0.29) is 17.1 Å². The standard InChI is InChI=1S/C10H7F3N2O3/c11-10(12,13)5-2-1-4(8(16)9(5)17)6-3-7(14)18-15-6/h1-3,16-17H,14H2. The van der Waals surface area contributed by atoms with E-state index in [1.54, 1.807) is 0 Å². The van der Waals surface area contributed by atoms with Gasteiger partial charge in [0.25, 0.3) is 0 Å². The molecule has 5 nitrogen and oxygen atoms in total. The lowest BCUT2D eigenvalue weighted by atomic mass is 10.1. The minimum atomic E-state index is -4.76. The first-order valence-electron chi connectivity index (χ1n) is 4.65. The molecule has 0 aliphatic carbocycles. The zero-order chi connectivity index (χ0) is 13.5. The molecule has 1 aromatic carbocycles. The molecule has 0 saturated carbocycles. The fraction of sp³-hybridized carbons (Fsp3) is 0.100. The number of rotatable bonds is 1. The predicted molar refractivity (Wildman–Crippen MR) is 54.7 cm³/mol. The number of anilines is 1. The van der Waals surface area contributed by atoms with Crippen LogP contribution < -0.4 is 5.73 Å². The first kappa shape index (κ1) is 12.1. The average Bonchev–Trinajstić information content (AvgIpc) is 2.67.